The third-order valence-corrected chi connectivity index (χ3v) is 24.6. The number of aliphatic hydroxyl groups excluding tert-OH is 8. The summed E-state index contributed by atoms with van der Waals surface area (Å²) in [6.45, 7) is 5.36. The zero-order valence-electron chi connectivity index (χ0n) is 75.5. The van der Waals surface area contributed by atoms with E-state index >= 15 is 28.8 Å². The zero-order valence-corrected chi connectivity index (χ0v) is 77.0. The molecule has 0 spiro atoms. The number of alkyl halides is 3. The van der Waals surface area contributed by atoms with Gasteiger partial charge in [-0.1, -0.05) is 73.4 Å². The third-order valence-electron chi connectivity index (χ3n) is 24.0. The van der Waals surface area contributed by atoms with Crippen LogP contribution in [-0.4, -0.2) is 278 Å². The summed E-state index contributed by atoms with van der Waals surface area (Å²) in [5, 5.41) is 156. The van der Waals surface area contributed by atoms with Gasteiger partial charge < -0.3 is 168 Å². The second-order valence-electron chi connectivity index (χ2n) is 35.3. The molecule has 9 amide bonds. The van der Waals surface area contributed by atoms with E-state index in [-0.39, 0.29) is 71.9 Å². The van der Waals surface area contributed by atoms with Gasteiger partial charge in [0.1, 0.15) is 132 Å². The van der Waals surface area contributed by atoms with Crippen molar-refractivity contribution in [1.82, 2.24) is 52.8 Å². The van der Waals surface area contributed by atoms with Crippen LogP contribution in [0.1, 0.15) is 127 Å². The van der Waals surface area contributed by atoms with Crippen molar-refractivity contribution >= 4 is 82.1 Å². The fourth-order valence-electron chi connectivity index (χ4n) is 16.9. The Morgan fingerprint density at radius 2 is 1.32 bits per heavy atom. The molecule has 15 rings (SSSR count). The summed E-state index contributed by atoms with van der Waals surface area (Å²) in [5.74, 6) is -17.1. The van der Waals surface area contributed by atoms with Crippen molar-refractivity contribution in [3.05, 3.63) is 176 Å². The highest BCUT2D eigenvalue weighted by Crippen LogP contribution is 2.51. The van der Waals surface area contributed by atoms with Gasteiger partial charge in [0.25, 0.3) is 5.91 Å². The highest BCUT2D eigenvalue weighted by Gasteiger charge is 2.54. The predicted octanol–water partition coefficient (Wildman–Crippen LogP) is 1.86. The second-order valence-corrected chi connectivity index (χ2v) is 36.1. The molecule has 8 aliphatic heterocycles. The summed E-state index contributed by atoms with van der Waals surface area (Å²) >= 11 is 14.6. The molecule has 8 aliphatic rings. The molecule has 139 heavy (non-hydrogen) atoms. The Bertz CT molecular complexity index is 5720. The molecule has 7 aromatic rings. The van der Waals surface area contributed by atoms with E-state index in [9.17, 15) is 83.7 Å². The van der Waals surface area contributed by atoms with Crippen molar-refractivity contribution in [3.63, 3.8) is 0 Å². The number of phenols is 3. The molecule has 47 heteroatoms. The molecule has 25 N–H and O–H groups in total. The maximum Gasteiger partial charge on any atom is 0.573 e. The lowest BCUT2D eigenvalue weighted by Crippen LogP contribution is -2.65. The number of nitrogens with two attached hydrogens (primary N) is 2. The number of anilines is 1. The smallest absolute Gasteiger partial charge is 0.508 e. The van der Waals surface area contributed by atoms with Crippen LogP contribution < -0.4 is 83.6 Å². The molecule has 7 aromatic carbocycles. The topological polar surface area (TPSA) is 635 Å². The third kappa shape index (κ3) is 24.7. The first-order valence-corrected chi connectivity index (χ1v) is 44.8. The summed E-state index contributed by atoms with van der Waals surface area (Å²) < 4.78 is 94.6. The molecular weight excluding hydrogens is 1880 g/mol. The minimum Gasteiger partial charge on any atom is -0.508 e. The van der Waals surface area contributed by atoms with E-state index in [0.717, 1.165) is 72.8 Å². The summed E-state index contributed by atoms with van der Waals surface area (Å²) in [5.41, 5.74) is 9.01. The maximum atomic E-state index is 16.6. The number of primary amides is 1. The molecule has 11 bridgehead atoms. The molecule has 0 saturated carbocycles. The molecular formula is C92H108Cl2F3N13O29. The van der Waals surface area contributed by atoms with Crippen LogP contribution in [0.2, 0.25) is 10.0 Å². The number of carbonyl (C=O) groups is 9. The van der Waals surface area contributed by atoms with E-state index in [1.807, 2.05) is 4.90 Å². The monoisotopic (exact) mass is 1990 g/mol. The van der Waals surface area contributed by atoms with Gasteiger partial charge in [-0.25, -0.2) is 0 Å². The summed E-state index contributed by atoms with van der Waals surface area (Å²) in [4.78, 5) is 138. The second kappa shape index (κ2) is 44.3. The van der Waals surface area contributed by atoms with Gasteiger partial charge in [-0.2, -0.15) is 0 Å². The van der Waals surface area contributed by atoms with E-state index in [2.05, 4.69) is 57.9 Å². The van der Waals surface area contributed by atoms with Crippen molar-refractivity contribution in [3.8, 4) is 62.9 Å². The average molecular weight is 1990 g/mol. The van der Waals surface area contributed by atoms with Crippen molar-refractivity contribution in [2.45, 2.75) is 206 Å². The Kier molecular flexibility index (Phi) is 33.2. The largest absolute Gasteiger partial charge is 0.573 e. The van der Waals surface area contributed by atoms with Gasteiger partial charge in [-0.05, 0) is 179 Å². The molecule has 0 aliphatic carbocycles. The van der Waals surface area contributed by atoms with Gasteiger partial charge >= 0.3 is 6.36 Å². The number of halogens is 5. The number of nitrogens with one attached hydrogen (secondary N) is 10. The average Bonchev–Trinajstić information content (AvgIpc) is 0.760. The van der Waals surface area contributed by atoms with Crippen LogP contribution in [0.25, 0.3) is 11.1 Å². The summed E-state index contributed by atoms with van der Waals surface area (Å²) in [7, 11) is 5.01. The number of hydrogen-bond donors (Lipinski definition) is 23. The lowest BCUT2D eigenvalue weighted by atomic mass is 9.86. The molecule has 0 aromatic heterocycles. The number of amides is 9. The van der Waals surface area contributed by atoms with E-state index < -0.39 is 291 Å². The molecule has 8 heterocycles. The van der Waals surface area contributed by atoms with Gasteiger partial charge in [0.2, 0.25) is 59.3 Å². The molecule has 750 valence electrons. The minimum atomic E-state index is -5.03. The van der Waals surface area contributed by atoms with E-state index in [4.69, 9.17) is 72.6 Å². The van der Waals surface area contributed by atoms with Gasteiger partial charge in [0, 0.05) is 60.0 Å². The fourth-order valence-corrected chi connectivity index (χ4v) is 17.3. The first-order valence-electron chi connectivity index (χ1n) is 44.0. The Labute approximate surface area is 801 Å². The SMILES string of the molecule is CN[C@H](CC(C)C)C(=O)NC1C(=O)NC(CC(N)=O)C(=O)N[C@H]2C(=O)N[C@H]3C(=O)N[C@H](C(=O)NC(C(=O)NCCCN(C)C)c4cc(O)cc(O)c4-c4cc3ccc4O)[C@H](O[C@H]3C[C@](C)(N)[C@@H](O)[C@H](C)O3)c3ccc(c(Cl)c3)Oc3cc2cc(c3O[C@@H]2O[C@H](CO)[C@@H](O[C@@H]3O[C@H](CNCc4cccc(NC(=O)c5cccc(OC(F)(F)F)c5)c4)[C@H](O)[C@H](O)[C@H]3O)[C@H](O)[C@H]2O)Oc2ccc(cc2Cl)[C@H]1O. The lowest BCUT2D eigenvalue weighted by molar-refractivity contribution is -0.350. The van der Waals surface area contributed by atoms with Crippen LogP contribution in [0.3, 0.4) is 0 Å². The zero-order chi connectivity index (χ0) is 101. The maximum absolute atomic E-state index is 16.6. The molecule has 0 radical (unpaired) electrons. The number of aromatic hydroxyl groups is 3. The van der Waals surface area contributed by atoms with Gasteiger partial charge in [-0.15, -0.1) is 13.2 Å². The standard InChI is InChI=1S/C92H108Cl2F3N13O29/c1-38(2)23-53(100-5)82(124)108-69-71(116)42-16-19-57(51(93)27-42)132-59-29-45-30-60(78(59)137-90-76(121)74(119)79(62(37-111)135-90)138-89-75(120)73(118)72(117)61(134-89)36-101-35-40-11-8-13-46(24-40)103-81(123)44-12-9-14-48(25-44)139-92(95,96)97)133-58-20-17-43(28-52(58)94)77(136-64-34-91(4,99)80(122)39(3)131-64)70-88(130)107-68(84(126)102-21-10-22-110(6)7)50-31-47(112)32-56(114)65(50)49-26-41(15-18-55(49)113)66(85(127)109-70)106-86(128)67(45)105-83(125)54(33-63(98)115)104-87(69)129/h8-9,11-20,24-32,38-39,53-54,61-62,64,66-77,79-80,89-90,100-101,111-114,116-122H,10,21-23,33-37,99H2,1-7H3,(H2,98,115)(H,102,126)(H,103,123)(H,104,129)(H,105,125)(H,106,128)(H,107,130)(H,108,124)(H,109,127)/t39-,53+,54?,61+,62+,64-,66+,67+,68?,69?,70-,71+,72-,73-,74+,75+,76+,77+,79+,80-,89-,90-,91-/m0/s1. The quantitative estimate of drug-likeness (QED) is 0.0344. The number of nitrogens with zero attached hydrogens (tertiary/aromatic N) is 1. The van der Waals surface area contributed by atoms with Crippen molar-refractivity contribution < 1.29 is 155 Å². The first-order chi connectivity index (χ1) is 65.7. The molecule has 42 nitrogen and oxygen atoms in total. The number of rotatable bonds is 26. The molecule has 23 atom stereocenters. The number of benzene rings is 7. The Morgan fingerprint density at radius 1 is 0.676 bits per heavy atom. The number of phenolic OH excluding ortho intramolecular Hbond substituents is 3. The number of hydrogen-bond acceptors (Lipinski definition) is 33. The minimum absolute atomic E-state index is 0.0503. The molecule has 3 unspecified atom stereocenters. The molecule has 3 saturated heterocycles. The first kappa shape index (κ1) is 104. The van der Waals surface area contributed by atoms with Crippen LogP contribution >= 0.6 is 23.2 Å². The van der Waals surface area contributed by atoms with E-state index in [1.165, 1.54) is 63.4 Å². The Hall–Kier alpha value is -11.9. The van der Waals surface area contributed by atoms with Crippen molar-refractivity contribution in [2.75, 3.05) is 52.7 Å². The van der Waals surface area contributed by atoms with E-state index in [0.29, 0.717) is 18.5 Å². The Morgan fingerprint density at radius 3 is 1.98 bits per heavy atom. The normalized spacial score (nSPS) is 28.0. The van der Waals surface area contributed by atoms with Crippen LogP contribution in [0.4, 0.5) is 18.9 Å². The summed E-state index contributed by atoms with van der Waals surface area (Å²) in [6.07, 6.45) is -34.8. The highest BCUT2D eigenvalue weighted by molar-refractivity contribution is 6.32. The predicted molar refractivity (Wildman–Crippen MR) is 483 cm³/mol. The van der Waals surface area contributed by atoms with Gasteiger partial charge in [0.15, 0.2) is 24.1 Å². The van der Waals surface area contributed by atoms with Crippen molar-refractivity contribution in [2.24, 2.45) is 17.4 Å². The van der Waals surface area contributed by atoms with Crippen molar-refractivity contribution in [1.29, 1.82) is 0 Å². The number of ether oxygens (including phenoxy) is 9. The highest BCUT2D eigenvalue weighted by atomic mass is 35.5. The number of aliphatic hydroxyl groups is 8. The Balaban J connectivity index is 0.938. The van der Waals surface area contributed by atoms with E-state index in [1.54, 1.807) is 40.1 Å². The number of likely N-dealkylation sites (N-methyl/N-ethyl adjacent to an activating group) is 1. The van der Waals surface area contributed by atoms with Gasteiger partial charge in [-0.3, -0.25) is 43.2 Å². The number of carbonyl (C=O) groups excluding carboxylic acids is 9. The van der Waals surface area contributed by atoms with Crippen LogP contribution in [0.5, 0.6) is 51.7 Å². The summed E-state index contributed by atoms with van der Waals surface area (Å²) in [6, 6.07) is 10.1. The van der Waals surface area contributed by atoms with Gasteiger partial charge in [0.05, 0.1) is 41.3 Å². The van der Waals surface area contributed by atoms with Crippen LogP contribution in [-0.2, 0) is 68.6 Å². The number of fused-ring (bicyclic) bond motifs is 15. The lowest BCUT2D eigenvalue weighted by Gasteiger charge is -2.46. The van der Waals surface area contributed by atoms with Crippen LogP contribution in [0, 0.1) is 5.92 Å². The molecule has 3 fully saturated rings. The fraction of sp³-hybridized carbons (Fsp3) is 0.446. The van der Waals surface area contributed by atoms with Crippen LogP contribution in [0.15, 0.2) is 127 Å².